The molecule has 0 radical (unpaired) electrons. The molecule has 1 aromatic carbocycles. The van der Waals surface area contributed by atoms with Crippen molar-refractivity contribution in [3.05, 3.63) is 40.3 Å². The van der Waals surface area contributed by atoms with Crippen LogP contribution in [0.1, 0.15) is 0 Å². The Bertz CT molecular complexity index is 729. The van der Waals surface area contributed by atoms with Crippen LogP contribution in [0.15, 0.2) is 40.3 Å². The molecule has 0 spiro atoms. The van der Waals surface area contributed by atoms with Crippen LogP contribution in [0, 0.1) is 0 Å². The number of thiophene rings is 1. The molecule has 0 atom stereocenters. The summed E-state index contributed by atoms with van der Waals surface area (Å²) in [6.07, 6.45) is 1.66. The van der Waals surface area contributed by atoms with Gasteiger partial charge in [-0.2, -0.15) is 4.98 Å². The second kappa shape index (κ2) is 5.14. The lowest BCUT2D eigenvalue weighted by molar-refractivity contribution is 0.394. The van der Waals surface area contributed by atoms with Crippen LogP contribution in [0.3, 0.4) is 0 Å². The normalized spacial score (nSPS) is 10.6. The number of aromatic nitrogens is 2. The maximum atomic E-state index is 5.14. The van der Waals surface area contributed by atoms with Gasteiger partial charge >= 0.3 is 0 Å². The molecule has 0 fully saturated rings. The number of hydrogen-bond acceptors (Lipinski definition) is 5. The molecular weight excluding hydrogens is 326 g/mol. The lowest BCUT2D eigenvalue weighted by Crippen LogP contribution is -1.99. The number of hydrogen-bond donors (Lipinski definition) is 1. The van der Waals surface area contributed by atoms with E-state index in [9.17, 15) is 0 Å². The number of benzene rings is 1. The van der Waals surface area contributed by atoms with E-state index in [1.165, 1.54) is 10.1 Å². The summed E-state index contributed by atoms with van der Waals surface area (Å²) >= 11 is 5.05. The molecule has 3 aromatic rings. The highest BCUT2D eigenvalue weighted by atomic mass is 79.9. The van der Waals surface area contributed by atoms with E-state index in [1.807, 2.05) is 6.07 Å². The zero-order chi connectivity index (χ0) is 13.2. The zero-order valence-corrected chi connectivity index (χ0v) is 12.5. The molecule has 0 aliphatic carbocycles. The van der Waals surface area contributed by atoms with Gasteiger partial charge in [-0.25, -0.2) is 4.98 Å². The van der Waals surface area contributed by atoms with Crippen LogP contribution in [-0.4, -0.2) is 17.1 Å². The number of nitrogens with one attached hydrogen (secondary N) is 1. The Labute approximate surface area is 122 Å². The first-order chi connectivity index (χ1) is 9.26. The summed E-state index contributed by atoms with van der Waals surface area (Å²) in [7, 11) is 1.58. The Kier molecular flexibility index (Phi) is 3.35. The Hall–Kier alpha value is -1.66. The number of fused-ring (bicyclic) bond motifs is 1. The van der Waals surface area contributed by atoms with Gasteiger partial charge in [-0.1, -0.05) is 0 Å². The quantitative estimate of drug-likeness (QED) is 0.778. The van der Waals surface area contributed by atoms with Gasteiger partial charge < -0.3 is 10.1 Å². The van der Waals surface area contributed by atoms with Crippen LogP contribution in [0.25, 0.3) is 10.1 Å². The van der Waals surface area contributed by atoms with Crippen molar-refractivity contribution in [3.63, 3.8) is 0 Å². The molecule has 0 amide bonds. The van der Waals surface area contributed by atoms with E-state index in [4.69, 9.17) is 4.74 Å². The Morgan fingerprint density at radius 2 is 2.21 bits per heavy atom. The third kappa shape index (κ3) is 2.54. The second-order valence-corrected chi connectivity index (χ2v) is 5.65. The minimum atomic E-state index is 0.508. The van der Waals surface area contributed by atoms with E-state index in [1.54, 1.807) is 24.6 Å². The molecule has 6 heteroatoms. The minimum Gasteiger partial charge on any atom is -0.480 e. The Balaban J connectivity index is 1.91. The van der Waals surface area contributed by atoms with Crippen molar-refractivity contribution in [1.29, 1.82) is 0 Å². The van der Waals surface area contributed by atoms with E-state index in [0.29, 0.717) is 11.8 Å². The van der Waals surface area contributed by atoms with E-state index >= 15 is 0 Å². The standard InChI is InChI=1S/C13H10BrN3OS/c1-18-12-10(14)7-15-13(17-12)16-9-2-3-11-8(6-9)4-5-19-11/h2-7H,1H3,(H,15,16,17). The zero-order valence-electron chi connectivity index (χ0n) is 10.1. The number of ether oxygens (including phenoxy) is 1. The maximum absolute atomic E-state index is 5.14. The van der Waals surface area contributed by atoms with E-state index in [0.717, 1.165) is 10.2 Å². The van der Waals surface area contributed by atoms with Crippen molar-refractivity contribution in [3.8, 4) is 5.88 Å². The number of nitrogens with zero attached hydrogens (tertiary/aromatic N) is 2. The summed E-state index contributed by atoms with van der Waals surface area (Å²) in [5.41, 5.74) is 0.954. The molecule has 0 bridgehead atoms. The lowest BCUT2D eigenvalue weighted by Gasteiger charge is -2.07. The molecule has 2 heterocycles. The molecule has 0 aliphatic rings. The van der Waals surface area contributed by atoms with Crippen LogP contribution < -0.4 is 10.1 Å². The summed E-state index contributed by atoms with van der Waals surface area (Å²) in [4.78, 5) is 8.47. The van der Waals surface area contributed by atoms with Gasteiger partial charge in [0.05, 0.1) is 17.8 Å². The summed E-state index contributed by atoms with van der Waals surface area (Å²) in [6, 6.07) is 8.26. The third-order valence-corrected chi connectivity index (χ3v) is 4.06. The molecule has 2 aromatic heterocycles. The smallest absolute Gasteiger partial charge is 0.232 e. The van der Waals surface area contributed by atoms with Crippen LogP contribution in [-0.2, 0) is 0 Å². The molecule has 1 N–H and O–H groups in total. The van der Waals surface area contributed by atoms with Gasteiger partial charge in [-0.3, -0.25) is 0 Å². The van der Waals surface area contributed by atoms with Gasteiger partial charge in [-0.15, -0.1) is 11.3 Å². The Morgan fingerprint density at radius 1 is 1.32 bits per heavy atom. The van der Waals surface area contributed by atoms with Crippen molar-refractivity contribution in [2.45, 2.75) is 0 Å². The van der Waals surface area contributed by atoms with Gasteiger partial charge in [0, 0.05) is 10.4 Å². The summed E-state index contributed by atoms with van der Waals surface area (Å²) in [5.74, 6) is 1.02. The first-order valence-electron chi connectivity index (χ1n) is 5.57. The van der Waals surface area contributed by atoms with Gasteiger partial charge in [-0.05, 0) is 51.0 Å². The fourth-order valence-electron chi connectivity index (χ4n) is 1.73. The van der Waals surface area contributed by atoms with E-state index < -0.39 is 0 Å². The van der Waals surface area contributed by atoms with Crippen molar-refractivity contribution in [1.82, 2.24) is 9.97 Å². The van der Waals surface area contributed by atoms with Gasteiger partial charge in [0.25, 0.3) is 0 Å². The topological polar surface area (TPSA) is 47.0 Å². The Morgan fingerprint density at radius 3 is 3.05 bits per heavy atom. The van der Waals surface area contributed by atoms with Crippen molar-refractivity contribution in [2.75, 3.05) is 12.4 Å². The van der Waals surface area contributed by atoms with Crippen LogP contribution in [0.2, 0.25) is 0 Å². The lowest BCUT2D eigenvalue weighted by atomic mass is 10.2. The van der Waals surface area contributed by atoms with Crippen molar-refractivity contribution in [2.24, 2.45) is 0 Å². The summed E-state index contributed by atoms with van der Waals surface area (Å²) < 4.78 is 7.14. The van der Waals surface area contributed by atoms with Crippen LogP contribution in [0.4, 0.5) is 11.6 Å². The average molecular weight is 336 g/mol. The highest BCUT2D eigenvalue weighted by molar-refractivity contribution is 9.10. The first kappa shape index (κ1) is 12.4. The summed E-state index contributed by atoms with van der Waals surface area (Å²) in [6.45, 7) is 0. The third-order valence-electron chi connectivity index (χ3n) is 2.61. The molecule has 3 rings (SSSR count). The van der Waals surface area contributed by atoms with Gasteiger partial charge in [0.1, 0.15) is 0 Å². The fraction of sp³-hybridized carbons (Fsp3) is 0.0769. The first-order valence-corrected chi connectivity index (χ1v) is 7.24. The number of rotatable bonds is 3. The fourth-order valence-corrected chi connectivity index (χ4v) is 2.85. The van der Waals surface area contributed by atoms with E-state index in [-0.39, 0.29) is 0 Å². The number of methoxy groups -OCH3 is 1. The highest BCUT2D eigenvalue weighted by Crippen LogP contribution is 2.27. The monoisotopic (exact) mass is 335 g/mol. The average Bonchev–Trinajstić information content (AvgIpc) is 2.88. The number of anilines is 2. The molecule has 96 valence electrons. The molecule has 0 aliphatic heterocycles. The minimum absolute atomic E-state index is 0.508. The van der Waals surface area contributed by atoms with Gasteiger partial charge in [0.15, 0.2) is 0 Å². The van der Waals surface area contributed by atoms with Gasteiger partial charge in [0.2, 0.25) is 11.8 Å². The molecule has 0 unspecified atom stereocenters. The molecular formula is C13H10BrN3OS. The molecule has 19 heavy (non-hydrogen) atoms. The molecule has 4 nitrogen and oxygen atoms in total. The van der Waals surface area contributed by atoms with Crippen molar-refractivity contribution < 1.29 is 4.74 Å². The van der Waals surface area contributed by atoms with Crippen LogP contribution in [0.5, 0.6) is 5.88 Å². The maximum Gasteiger partial charge on any atom is 0.232 e. The largest absolute Gasteiger partial charge is 0.480 e. The van der Waals surface area contributed by atoms with Crippen LogP contribution >= 0.6 is 27.3 Å². The SMILES string of the molecule is COc1nc(Nc2ccc3sccc3c2)ncc1Br. The highest BCUT2D eigenvalue weighted by Gasteiger charge is 2.05. The number of halogens is 1. The predicted octanol–water partition coefficient (Wildman–Crippen LogP) is 4.21. The second-order valence-electron chi connectivity index (χ2n) is 3.85. The van der Waals surface area contributed by atoms with Crippen molar-refractivity contribution >= 4 is 49.0 Å². The molecule has 0 saturated carbocycles. The predicted molar refractivity (Wildman–Crippen MR) is 81.4 cm³/mol. The summed E-state index contributed by atoms with van der Waals surface area (Å²) in [5, 5.41) is 6.45. The molecule has 0 saturated heterocycles. The van der Waals surface area contributed by atoms with E-state index in [2.05, 4.69) is 54.8 Å².